The summed E-state index contributed by atoms with van der Waals surface area (Å²) in [7, 11) is 0. The lowest BCUT2D eigenvalue weighted by Gasteiger charge is -1.80. The van der Waals surface area contributed by atoms with Gasteiger partial charge in [0.25, 0.3) is 10.4 Å². The van der Waals surface area contributed by atoms with Crippen molar-refractivity contribution in [2.75, 3.05) is 0 Å². The largest absolute Gasteiger partial charge is 0.361 e. The Hall–Kier alpha value is -1.38. The average Bonchev–Trinajstić information content (AvgIpc) is 2.33. The fraction of sp³-hybridized carbons (Fsp3) is 0. The second kappa shape index (κ2) is 1.55. The smallest absolute Gasteiger partial charge is 0.295 e. The maximum absolute atomic E-state index is 4.76. The van der Waals surface area contributed by atoms with E-state index in [4.69, 9.17) is 4.84 Å². The summed E-state index contributed by atoms with van der Waals surface area (Å²) in [6.45, 7) is 0. The van der Waals surface area contributed by atoms with E-state index in [-0.39, 0.29) is 0 Å². The van der Waals surface area contributed by atoms with E-state index in [9.17, 15) is 0 Å². The third-order valence-corrected chi connectivity index (χ3v) is 1.15. The monoisotopic (exact) mass is 120 g/mol. The van der Waals surface area contributed by atoms with E-state index < -0.39 is 0 Å². The van der Waals surface area contributed by atoms with Crippen molar-refractivity contribution in [3.05, 3.63) is 24.3 Å². The molecule has 0 bridgehead atoms. The Morgan fingerprint density at radius 3 is 3.11 bits per heavy atom. The molecule has 2 rings (SSSR count). The topological polar surface area (TPSA) is 35.7 Å². The number of hydrogen-bond donors (Lipinski definition) is 0. The summed E-state index contributed by atoms with van der Waals surface area (Å²) in [6.07, 6.45) is 0. The third kappa shape index (κ3) is 0.579. The maximum atomic E-state index is 4.76. The van der Waals surface area contributed by atoms with E-state index in [1.54, 1.807) is 0 Å². The molecule has 3 nitrogen and oxygen atoms in total. The molecule has 0 saturated heterocycles. The van der Waals surface area contributed by atoms with Crippen molar-refractivity contribution in [1.82, 2.24) is 5.11 Å². The molecule has 43 valence electrons. The standard InChI is InChI=1S/C6H4N2O/c1-2-4-6-5(3-1)7-8-9-6/h1-4H/q+1. The van der Waals surface area contributed by atoms with Crippen molar-refractivity contribution < 1.29 is 4.84 Å². The van der Waals surface area contributed by atoms with Gasteiger partial charge in [-0.3, -0.25) is 4.84 Å². The minimum atomic E-state index is 0.734. The fourth-order valence-electron chi connectivity index (χ4n) is 0.725. The highest BCUT2D eigenvalue weighted by atomic mass is 16.7. The summed E-state index contributed by atoms with van der Waals surface area (Å²) in [5.41, 5.74) is 0.803. The van der Waals surface area contributed by atoms with Gasteiger partial charge in [-0.05, 0) is 6.07 Å². The molecule has 9 heavy (non-hydrogen) atoms. The van der Waals surface area contributed by atoms with Gasteiger partial charge in [-0.15, -0.1) is 0 Å². The molecule has 0 spiro atoms. The van der Waals surface area contributed by atoms with Gasteiger partial charge in [-0.2, -0.15) is 0 Å². The molecule has 0 unspecified atom stereocenters. The van der Waals surface area contributed by atoms with E-state index in [1.165, 1.54) is 0 Å². The molecule has 1 aromatic carbocycles. The number of nitrogens with zero attached hydrogens (tertiary/aromatic N) is 2. The Morgan fingerprint density at radius 1 is 1.33 bits per heavy atom. The van der Waals surface area contributed by atoms with Crippen LogP contribution in [0.2, 0.25) is 0 Å². The molecule has 1 aromatic rings. The summed E-state index contributed by atoms with van der Waals surface area (Å²) in [6, 6.07) is 7.46. The molecule has 0 N–H and O–H groups in total. The Kier molecular flexibility index (Phi) is 0.773. The second-order valence-electron chi connectivity index (χ2n) is 1.74. The lowest BCUT2D eigenvalue weighted by Crippen LogP contribution is -1.71. The molecule has 1 radical (unpaired) electrons. The number of hydrogen-bond acceptors (Lipinski definition) is 3. The van der Waals surface area contributed by atoms with Crippen LogP contribution in [0.5, 0.6) is 5.75 Å². The highest BCUT2D eigenvalue weighted by molar-refractivity contribution is 5.50. The first-order chi connectivity index (χ1) is 4.47. The van der Waals surface area contributed by atoms with Crippen molar-refractivity contribution >= 4 is 5.69 Å². The van der Waals surface area contributed by atoms with Crippen LogP contribution < -0.4 is 9.95 Å². The van der Waals surface area contributed by atoms with Gasteiger partial charge in [0.05, 0.1) is 0 Å². The van der Waals surface area contributed by atoms with Crippen LogP contribution in [0, 0.1) is 0 Å². The van der Waals surface area contributed by atoms with Crippen molar-refractivity contribution in [3.63, 3.8) is 0 Å². The summed E-state index contributed by atoms with van der Waals surface area (Å²) >= 11 is 0. The van der Waals surface area contributed by atoms with Crippen LogP contribution in [0.3, 0.4) is 0 Å². The van der Waals surface area contributed by atoms with Crippen molar-refractivity contribution in [3.8, 4) is 5.75 Å². The molecule has 0 atom stereocenters. The molecule has 0 saturated carbocycles. The SMILES string of the molecule is c1ccc2c(c1)[N+]=NO2. The molecular weight excluding hydrogens is 116 g/mol. The normalized spacial score (nSPS) is 12.9. The number of fused-ring (bicyclic) bond motifs is 1. The molecule has 0 amide bonds. The predicted octanol–water partition coefficient (Wildman–Crippen LogP) is 1.41. The van der Waals surface area contributed by atoms with E-state index in [0.29, 0.717) is 0 Å². The summed E-state index contributed by atoms with van der Waals surface area (Å²) in [5, 5.41) is 7.08. The molecule has 0 fully saturated rings. The van der Waals surface area contributed by atoms with Gasteiger partial charge < -0.3 is 0 Å². The molecule has 1 heterocycles. The fourth-order valence-corrected chi connectivity index (χ4v) is 0.725. The van der Waals surface area contributed by atoms with Gasteiger partial charge in [0, 0.05) is 6.07 Å². The summed E-state index contributed by atoms with van der Waals surface area (Å²) in [5.74, 6) is 0.734. The van der Waals surface area contributed by atoms with E-state index in [2.05, 4.69) is 10.4 Å². The van der Waals surface area contributed by atoms with Gasteiger partial charge >= 0.3 is 5.69 Å². The minimum absolute atomic E-state index is 0.734. The Labute approximate surface area is 51.9 Å². The van der Waals surface area contributed by atoms with Crippen LogP contribution in [0.25, 0.3) is 0 Å². The number of benzene rings is 1. The minimum Gasteiger partial charge on any atom is -0.295 e. The zero-order valence-electron chi connectivity index (χ0n) is 4.61. The summed E-state index contributed by atoms with van der Waals surface area (Å²) in [4.78, 5) is 4.76. The van der Waals surface area contributed by atoms with Crippen LogP contribution in [-0.2, 0) is 0 Å². The number of rotatable bonds is 0. The van der Waals surface area contributed by atoms with Gasteiger partial charge in [-0.1, -0.05) is 12.1 Å². The second-order valence-corrected chi connectivity index (χ2v) is 1.74. The van der Waals surface area contributed by atoms with Crippen LogP contribution in [0.1, 0.15) is 0 Å². The highest BCUT2D eigenvalue weighted by Crippen LogP contribution is 2.25. The first-order valence-corrected chi connectivity index (χ1v) is 2.64. The van der Waals surface area contributed by atoms with Crippen LogP contribution in [0.4, 0.5) is 5.69 Å². The molecule has 1 aliphatic heterocycles. The van der Waals surface area contributed by atoms with E-state index in [1.807, 2.05) is 24.3 Å². The molecule has 0 aromatic heterocycles. The van der Waals surface area contributed by atoms with Gasteiger partial charge in [0.1, 0.15) is 0 Å². The van der Waals surface area contributed by atoms with Crippen LogP contribution in [0.15, 0.2) is 29.5 Å². The summed E-state index contributed by atoms with van der Waals surface area (Å²) < 4.78 is 0. The first kappa shape index (κ1) is 4.49. The van der Waals surface area contributed by atoms with Crippen molar-refractivity contribution in [2.24, 2.45) is 5.28 Å². The zero-order chi connectivity index (χ0) is 6.10. The van der Waals surface area contributed by atoms with Crippen molar-refractivity contribution in [1.29, 1.82) is 0 Å². The van der Waals surface area contributed by atoms with E-state index >= 15 is 0 Å². The highest BCUT2D eigenvalue weighted by Gasteiger charge is 2.20. The zero-order valence-corrected chi connectivity index (χ0v) is 4.61. The number of para-hydroxylation sites is 1. The predicted molar refractivity (Wildman–Crippen MR) is 31.3 cm³/mol. The lowest BCUT2D eigenvalue weighted by molar-refractivity contribution is 0.329. The quantitative estimate of drug-likeness (QED) is 0.509. The van der Waals surface area contributed by atoms with Crippen molar-refractivity contribution in [2.45, 2.75) is 0 Å². The lowest BCUT2D eigenvalue weighted by atomic mass is 10.3. The van der Waals surface area contributed by atoms with Gasteiger partial charge in [-0.25, -0.2) is 0 Å². The molecule has 3 heteroatoms. The molecule has 0 aliphatic carbocycles. The first-order valence-electron chi connectivity index (χ1n) is 2.64. The third-order valence-electron chi connectivity index (χ3n) is 1.15. The Balaban J connectivity index is 2.63. The van der Waals surface area contributed by atoms with E-state index in [0.717, 1.165) is 11.4 Å². The Bertz CT molecular complexity index is 257. The Morgan fingerprint density at radius 2 is 2.22 bits per heavy atom. The molecule has 1 aliphatic rings. The average molecular weight is 120 g/mol. The maximum Gasteiger partial charge on any atom is 0.361 e. The van der Waals surface area contributed by atoms with Gasteiger partial charge in [0.2, 0.25) is 5.75 Å². The molecular formula is C6H4N2O+. The van der Waals surface area contributed by atoms with Crippen LogP contribution in [-0.4, -0.2) is 0 Å². The van der Waals surface area contributed by atoms with Gasteiger partial charge in [0.15, 0.2) is 0 Å². The van der Waals surface area contributed by atoms with Crippen LogP contribution >= 0.6 is 0 Å².